The second kappa shape index (κ2) is 9.27. The van der Waals surface area contributed by atoms with E-state index in [0.717, 1.165) is 17.8 Å². The van der Waals surface area contributed by atoms with Crippen LogP contribution in [-0.2, 0) is 15.1 Å². The summed E-state index contributed by atoms with van der Waals surface area (Å²) in [5.74, 6) is -3.00. The Morgan fingerprint density at radius 2 is 2.05 bits per heavy atom. The van der Waals surface area contributed by atoms with Crippen molar-refractivity contribution in [3.05, 3.63) is 64.7 Å². The zero-order chi connectivity index (χ0) is 27.2. The number of rotatable bonds is 4. The lowest BCUT2D eigenvalue weighted by Crippen LogP contribution is -2.43. The highest BCUT2D eigenvalue weighted by Gasteiger charge is 2.71. The van der Waals surface area contributed by atoms with Crippen molar-refractivity contribution in [2.24, 2.45) is 10.9 Å². The minimum atomic E-state index is -1.36. The minimum Gasteiger partial charge on any atom is -0.480 e. The van der Waals surface area contributed by atoms with Gasteiger partial charge in [-0.2, -0.15) is 5.26 Å². The molecule has 1 aromatic carbocycles. The number of hydrogen-bond acceptors (Lipinski definition) is 7. The summed E-state index contributed by atoms with van der Waals surface area (Å²) in [6.45, 7) is 6.65. The molecule has 1 saturated carbocycles. The van der Waals surface area contributed by atoms with Crippen molar-refractivity contribution in [3.63, 3.8) is 0 Å². The number of fused-ring (bicyclic) bond motifs is 1. The molecule has 192 valence electrons. The number of nitrogens with one attached hydrogen (secondary N) is 1. The first kappa shape index (κ1) is 26.3. The Morgan fingerprint density at radius 3 is 2.65 bits per heavy atom. The Bertz CT molecular complexity index is 1380. The van der Waals surface area contributed by atoms with E-state index in [4.69, 9.17) is 10.00 Å². The molecule has 11 heteroatoms. The van der Waals surface area contributed by atoms with Crippen LogP contribution in [0.5, 0.6) is 0 Å². The quantitative estimate of drug-likeness (QED) is 0.558. The standard InChI is InChI=1S/C26H24F2N4O4S/c1-24(2,3)36-23(35)31-22-32-25(4,20-11-26(20,37-22)21(33)34)16-9-14(5-7-17(16)27)10-18(28)19-8-6-15(12-29)13-30-19/h5-10,13,20H,11H2,1-4H3,(H,33,34)(H,31,32,35)/b18-10-/t20-,25+,26-/m0/s1. The van der Waals surface area contributed by atoms with E-state index < -0.39 is 45.5 Å². The van der Waals surface area contributed by atoms with Crippen LogP contribution >= 0.6 is 11.8 Å². The Labute approximate surface area is 216 Å². The number of nitriles is 1. The minimum absolute atomic E-state index is 0.000826. The highest BCUT2D eigenvalue weighted by atomic mass is 32.2. The van der Waals surface area contributed by atoms with Crippen molar-refractivity contribution < 1.29 is 28.2 Å². The molecular weight excluding hydrogens is 502 g/mol. The number of halogens is 2. The van der Waals surface area contributed by atoms with E-state index in [1.54, 1.807) is 27.7 Å². The third kappa shape index (κ3) is 5.20. The molecule has 1 fully saturated rings. The van der Waals surface area contributed by atoms with E-state index >= 15 is 4.39 Å². The molecule has 3 atom stereocenters. The fourth-order valence-corrected chi connectivity index (χ4v) is 5.73. The highest BCUT2D eigenvalue weighted by molar-refractivity contribution is 8.16. The number of aliphatic carboxylic acids is 1. The number of aromatic nitrogens is 1. The van der Waals surface area contributed by atoms with Gasteiger partial charge in [-0.05, 0) is 70.0 Å². The molecule has 1 aliphatic heterocycles. The molecule has 1 aliphatic carbocycles. The largest absolute Gasteiger partial charge is 0.480 e. The summed E-state index contributed by atoms with van der Waals surface area (Å²) in [5, 5.41) is 21.3. The zero-order valence-corrected chi connectivity index (χ0v) is 21.3. The predicted molar refractivity (Wildman–Crippen MR) is 135 cm³/mol. The first-order chi connectivity index (χ1) is 17.3. The fraction of sp³-hybridized carbons (Fsp3) is 0.346. The summed E-state index contributed by atoms with van der Waals surface area (Å²) in [4.78, 5) is 33.0. The summed E-state index contributed by atoms with van der Waals surface area (Å²) >= 11 is 0.901. The average Bonchev–Trinajstić information content (AvgIpc) is 3.56. The molecule has 0 spiro atoms. The molecule has 2 aromatic rings. The number of nitrogens with zero attached hydrogens (tertiary/aromatic N) is 3. The lowest BCUT2D eigenvalue weighted by molar-refractivity contribution is -0.137. The van der Waals surface area contributed by atoms with Gasteiger partial charge in [0.15, 0.2) is 5.17 Å². The van der Waals surface area contributed by atoms with Gasteiger partial charge in [-0.25, -0.2) is 13.6 Å². The van der Waals surface area contributed by atoms with Crippen LogP contribution in [-0.4, -0.2) is 37.7 Å². The second-order valence-corrected chi connectivity index (χ2v) is 11.3. The Kier molecular flexibility index (Phi) is 6.58. The number of benzene rings is 1. The van der Waals surface area contributed by atoms with E-state index in [9.17, 15) is 19.1 Å². The fourth-order valence-electron chi connectivity index (χ4n) is 4.31. The number of pyridine rings is 1. The first-order valence-corrected chi connectivity index (χ1v) is 12.1. The maximum Gasteiger partial charge on any atom is 0.413 e. The van der Waals surface area contributed by atoms with Gasteiger partial charge in [0, 0.05) is 17.7 Å². The number of ether oxygens (including phenoxy) is 1. The molecule has 0 unspecified atom stereocenters. The number of amides is 1. The number of hydrogen-bond donors (Lipinski definition) is 2. The molecule has 37 heavy (non-hydrogen) atoms. The van der Waals surface area contributed by atoms with Crippen LogP contribution in [0.15, 0.2) is 41.5 Å². The third-order valence-electron chi connectivity index (χ3n) is 6.14. The van der Waals surface area contributed by atoms with Gasteiger partial charge < -0.3 is 9.84 Å². The number of thioether (sulfide) groups is 1. The van der Waals surface area contributed by atoms with Crippen LogP contribution in [0.4, 0.5) is 13.6 Å². The SMILES string of the molecule is CC(C)(C)OC(=O)NC1=N[C@](C)(c2cc(/C=C(\F)c3ccc(C#N)cn3)ccc2F)[C@@H]2C[C@]2(C(=O)O)S1. The van der Waals surface area contributed by atoms with Gasteiger partial charge in [-0.1, -0.05) is 17.8 Å². The van der Waals surface area contributed by atoms with Crippen molar-refractivity contribution in [2.45, 2.75) is 50.0 Å². The van der Waals surface area contributed by atoms with Crippen LogP contribution in [0.1, 0.15) is 56.5 Å². The second-order valence-electron chi connectivity index (χ2n) is 10.0. The highest BCUT2D eigenvalue weighted by Crippen LogP contribution is 2.66. The Morgan fingerprint density at radius 1 is 1.32 bits per heavy atom. The lowest BCUT2D eigenvalue weighted by atomic mass is 9.84. The number of carboxylic acid groups (broad SMARTS) is 1. The number of amidine groups is 1. The summed E-state index contributed by atoms with van der Waals surface area (Å²) in [6, 6.07) is 8.65. The van der Waals surface area contributed by atoms with Gasteiger partial charge in [0.05, 0.1) is 16.8 Å². The summed E-state index contributed by atoms with van der Waals surface area (Å²) in [6.07, 6.45) is 1.80. The van der Waals surface area contributed by atoms with Crippen LogP contribution in [0.3, 0.4) is 0 Å². The topological polar surface area (TPSA) is 125 Å². The average molecular weight is 527 g/mol. The van der Waals surface area contributed by atoms with Crippen LogP contribution < -0.4 is 5.32 Å². The predicted octanol–water partition coefficient (Wildman–Crippen LogP) is 5.25. The van der Waals surface area contributed by atoms with Crippen molar-refractivity contribution in [2.75, 3.05) is 0 Å². The molecule has 4 rings (SSSR count). The van der Waals surface area contributed by atoms with Crippen molar-refractivity contribution in [3.8, 4) is 6.07 Å². The lowest BCUT2D eigenvalue weighted by Gasteiger charge is -2.34. The summed E-state index contributed by atoms with van der Waals surface area (Å²) in [5.41, 5.74) is -1.49. The van der Waals surface area contributed by atoms with Gasteiger partial charge in [-0.15, -0.1) is 0 Å². The smallest absolute Gasteiger partial charge is 0.413 e. The van der Waals surface area contributed by atoms with Gasteiger partial charge in [0.2, 0.25) is 0 Å². The van der Waals surface area contributed by atoms with E-state index in [1.165, 1.54) is 36.5 Å². The van der Waals surface area contributed by atoms with E-state index in [2.05, 4.69) is 15.3 Å². The molecule has 2 N–H and O–H groups in total. The number of carbonyl (C=O) groups is 2. The number of alkyl carbamates (subject to hydrolysis) is 1. The Balaban J connectivity index is 1.72. The van der Waals surface area contributed by atoms with E-state index in [0.29, 0.717) is 5.56 Å². The molecule has 0 radical (unpaired) electrons. The first-order valence-electron chi connectivity index (χ1n) is 11.3. The molecule has 0 saturated heterocycles. The molecule has 0 bridgehead atoms. The van der Waals surface area contributed by atoms with Crippen LogP contribution in [0.2, 0.25) is 0 Å². The normalized spacial score (nSPS) is 24.8. The van der Waals surface area contributed by atoms with Crippen LogP contribution in [0, 0.1) is 23.1 Å². The maximum absolute atomic E-state index is 15.2. The Hall–Kier alpha value is -3.78. The van der Waals surface area contributed by atoms with Gasteiger partial charge in [0.25, 0.3) is 0 Å². The van der Waals surface area contributed by atoms with Crippen molar-refractivity contribution in [1.82, 2.24) is 10.3 Å². The zero-order valence-electron chi connectivity index (χ0n) is 20.5. The molecule has 1 amide bonds. The molecule has 1 aromatic heterocycles. The number of carboxylic acids is 1. The maximum atomic E-state index is 15.2. The summed E-state index contributed by atoms with van der Waals surface area (Å²) < 4.78 is 34.0. The number of carbonyl (C=O) groups excluding carboxylic acids is 1. The monoisotopic (exact) mass is 526 g/mol. The van der Waals surface area contributed by atoms with Gasteiger partial charge in [0.1, 0.15) is 28.1 Å². The summed E-state index contributed by atoms with van der Waals surface area (Å²) in [7, 11) is 0. The molecule has 2 heterocycles. The van der Waals surface area contributed by atoms with Crippen molar-refractivity contribution >= 4 is 40.9 Å². The molecular formula is C26H24F2N4O4S. The van der Waals surface area contributed by atoms with Gasteiger partial charge >= 0.3 is 12.1 Å². The third-order valence-corrected chi connectivity index (χ3v) is 7.51. The number of aliphatic imine (C=N–C) groups is 1. The molecule has 2 aliphatic rings. The van der Waals surface area contributed by atoms with Crippen LogP contribution in [0.25, 0.3) is 11.9 Å². The molecule has 8 nitrogen and oxygen atoms in total. The van der Waals surface area contributed by atoms with E-state index in [-0.39, 0.29) is 28.4 Å². The van der Waals surface area contributed by atoms with Gasteiger partial charge in [-0.3, -0.25) is 20.1 Å². The van der Waals surface area contributed by atoms with E-state index in [1.807, 2.05) is 6.07 Å². The van der Waals surface area contributed by atoms with Crippen molar-refractivity contribution in [1.29, 1.82) is 5.26 Å².